The van der Waals surface area contributed by atoms with E-state index in [9.17, 15) is 14.4 Å². The minimum absolute atomic E-state index is 0.0634. The van der Waals surface area contributed by atoms with Gasteiger partial charge in [0.15, 0.2) is 6.04 Å². The van der Waals surface area contributed by atoms with Crippen LogP contribution < -0.4 is 16.0 Å². The number of nitrogens with one attached hydrogen (secondary N) is 3. The highest BCUT2D eigenvalue weighted by Crippen LogP contribution is 2.28. The molecule has 120 valence electrons. The molecular weight excluding hydrogens is 298 g/mol. The molecule has 2 atom stereocenters. The van der Waals surface area contributed by atoms with E-state index in [1.807, 2.05) is 25.1 Å². The summed E-state index contributed by atoms with van der Waals surface area (Å²) in [6.45, 7) is 4.05. The van der Waals surface area contributed by atoms with Crippen LogP contribution in [0.2, 0.25) is 0 Å². The van der Waals surface area contributed by atoms with Gasteiger partial charge in [-0.2, -0.15) is 0 Å². The van der Waals surface area contributed by atoms with Crippen molar-refractivity contribution >= 4 is 28.8 Å². The fourth-order valence-corrected chi connectivity index (χ4v) is 2.56. The molecule has 3 N–H and O–H groups in total. The van der Waals surface area contributed by atoms with Crippen LogP contribution >= 0.6 is 0 Å². The third-order valence-electron chi connectivity index (χ3n) is 3.84. The summed E-state index contributed by atoms with van der Waals surface area (Å²) in [5.74, 6) is 0.0611. The Labute approximate surface area is 132 Å². The Morgan fingerprint density at radius 1 is 1.35 bits per heavy atom. The molecule has 7 heteroatoms. The molecule has 0 aliphatic carbocycles. The molecule has 3 rings (SSSR count). The largest absolute Gasteiger partial charge is 0.458 e. The summed E-state index contributed by atoms with van der Waals surface area (Å²) >= 11 is 0. The Morgan fingerprint density at radius 3 is 2.78 bits per heavy atom. The van der Waals surface area contributed by atoms with Crippen LogP contribution in [0.15, 0.2) is 28.7 Å². The van der Waals surface area contributed by atoms with E-state index in [2.05, 4.69) is 16.0 Å². The van der Waals surface area contributed by atoms with Gasteiger partial charge in [-0.25, -0.2) is 4.79 Å². The number of fused-ring (bicyclic) bond motifs is 1. The average Bonchev–Trinajstić information content (AvgIpc) is 3.06. The maximum absolute atomic E-state index is 11.7. The van der Waals surface area contributed by atoms with Crippen LogP contribution in [0, 0.1) is 0 Å². The van der Waals surface area contributed by atoms with E-state index in [0.29, 0.717) is 17.9 Å². The number of amides is 4. The predicted octanol–water partition coefficient (Wildman–Crippen LogP) is 1.55. The van der Waals surface area contributed by atoms with E-state index in [1.54, 1.807) is 6.07 Å². The quantitative estimate of drug-likeness (QED) is 0.745. The smallest absolute Gasteiger partial charge is 0.322 e. The Hall–Kier alpha value is -2.83. The number of hydrogen-bond acceptors (Lipinski definition) is 4. The minimum atomic E-state index is -0.796. The summed E-state index contributed by atoms with van der Waals surface area (Å²) in [7, 11) is 0. The Balaban J connectivity index is 1.84. The van der Waals surface area contributed by atoms with E-state index < -0.39 is 18.0 Å². The Kier molecular flexibility index (Phi) is 3.77. The molecule has 23 heavy (non-hydrogen) atoms. The lowest BCUT2D eigenvalue weighted by atomic mass is 9.99. The summed E-state index contributed by atoms with van der Waals surface area (Å²) in [6.07, 6.45) is 0. The van der Waals surface area contributed by atoms with Crippen LogP contribution in [-0.4, -0.2) is 24.4 Å². The van der Waals surface area contributed by atoms with Crippen molar-refractivity contribution in [1.82, 2.24) is 16.0 Å². The summed E-state index contributed by atoms with van der Waals surface area (Å²) in [5.41, 5.74) is 1.70. The zero-order chi connectivity index (χ0) is 16.6. The number of urea groups is 1. The fourth-order valence-electron chi connectivity index (χ4n) is 2.56. The minimum Gasteiger partial charge on any atom is -0.458 e. The predicted molar refractivity (Wildman–Crippen MR) is 82.7 cm³/mol. The lowest BCUT2D eigenvalue weighted by molar-refractivity contribution is -0.120. The molecule has 7 nitrogen and oxygen atoms in total. The van der Waals surface area contributed by atoms with Gasteiger partial charge < -0.3 is 15.1 Å². The standard InChI is InChI=1S/C16H17N3O4/c1-8(7-17-9(2)20)10-3-4-12-11(5-10)6-13(23-12)14-15(21)19-16(22)18-14/h3-6,8,14H,7H2,1-2H3,(H,17,20)(H2,18,19,21,22). The maximum Gasteiger partial charge on any atom is 0.322 e. The second-order valence-electron chi connectivity index (χ2n) is 5.68. The molecular formula is C16H17N3O4. The highest BCUT2D eigenvalue weighted by atomic mass is 16.3. The number of carbonyl (C=O) groups is 3. The van der Waals surface area contributed by atoms with Crippen LogP contribution in [0.5, 0.6) is 0 Å². The summed E-state index contributed by atoms with van der Waals surface area (Å²) in [4.78, 5) is 33.9. The van der Waals surface area contributed by atoms with Crippen molar-refractivity contribution in [3.63, 3.8) is 0 Å². The molecule has 0 radical (unpaired) electrons. The zero-order valence-corrected chi connectivity index (χ0v) is 12.8. The van der Waals surface area contributed by atoms with Crippen LogP contribution in [-0.2, 0) is 9.59 Å². The van der Waals surface area contributed by atoms with Crippen molar-refractivity contribution < 1.29 is 18.8 Å². The molecule has 1 aromatic carbocycles. The van der Waals surface area contributed by atoms with Gasteiger partial charge in [-0.3, -0.25) is 14.9 Å². The number of furan rings is 1. The number of carbonyl (C=O) groups excluding carboxylic acids is 3. The lowest BCUT2D eigenvalue weighted by Gasteiger charge is -2.12. The maximum atomic E-state index is 11.7. The molecule has 0 saturated carbocycles. The van der Waals surface area contributed by atoms with E-state index in [0.717, 1.165) is 10.9 Å². The van der Waals surface area contributed by atoms with Gasteiger partial charge in [-0.15, -0.1) is 0 Å². The molecule has 2 unspecified atom stereocenters. The second-order valence-corrected chi connectivity index (χ2v) is 5.68. The van der Waals surface area contributed by atoms with Crippen molar-refractivity contribution in [2.75, 3.05) is 6.54 Å². The molecule has 1 fully saturated rings. The van der Waals surface area contributed by atoms with Crippen molar-refractivity contribution in [3.8, 4) is 0 Å². The van der Waals surface area contributed by atoms with Gasteiger partial charge >= 0.3 is 6.03 Å². The van der Waals surface area contributed by atoms with Gasteiger partial charge in [-0.05, 0) is 29.7 Å². The third kappa shape index (κ3) is 3.03. The monoisotopic (exact) mass is 315 g/mol. The SMILES string of the molecule is CC(=O)NCC(C)c1ccc2oc(C3NC(=O)NC3=O)cc2c1. The van der Waals surface area contributed by atoms with E-state index in [1.165, 1.54) is 6.92 Å². The van der Waals surface area contributed by atoms with Gasteiger partial charge in [-0.1, -0.05) is 13.0 Å². The first-order valence-electron chi connectivity index (χ1n) is 7.33. The second kappa shape index (κ2) is 5.75. The molecule has 0 spiro atoms. The number of imide groups is 1. The lowest BCUT2D eigenvalue weighted by Crippen LogP contribution is -2.24. The van der Waals surface area contributed by atoms with Crippen molar-refractivity contribution in [1.29, 1.82) is 0 Å². The van der Waals surface area contributed by atoms with Gasteiger partial charge in [0.2, 0.25) is 5.91 Å². The van der Waals surface area contributed by atoms with Gasteiger partial charge in [0.25, 0.3) is 5.91 Å². The van der Waals surface area contributed by atoms with Crippen LogP contribution in [0.1, 0.15) is 37.1 Å². The topological polar surface area (TPSA) is 100 Å². The molecule has 4 amide bonds. The Morgan fingerprint density at radius 2 is 2.13 bits per heavy atom. The van der Waals surface area contributed by atoms with Crippen molar-refractivity contribution in [2.24, 2.45) is 0 Å². The van der Waals surface area contributed by atoms with Gasteiger partial charge in [0, 0.05) is 18.9 Å². The molecule has 1 saturated heterocycles. The highest BCUT2D eigenvalue weighted by Gasteiger charge is 2.33. The van der Waals surface area contributed by atoms with E-state index >= 15 is 0 Å². The van der Waals surface area contributed by atoms with Gasteiger partial charge in [0.05, 0.1) is 0 Å². The number of hydrogen-bond donors (Lipinski definition) is 3. The first-order chi connectivity index (χ1) is 10.9. The molecule has 2 heterocycles. The highest BCUT2D eigenvalue weighted by molar-refractivity contribution is 6.04. The van der Waals surface area contributed by atoms with E-state index in [4.69, 9.17) is 4.42 Å². The van der Waals surface area contributed by atoms with Gasteiger partial charge in [0.1, 0.15) is 11.3 Å². The van der Waals surface area contributed by atoms with E-state index in [-0.39, 0.29) is 11.8 Å². The fraction of sp³-hybridized carbons (Fsp3) is 0.312. The van der Waals surface area contributed by atoms with Crippen molar-refractivity contribution in [2.45, 2.75) is 25.8 Å². The summed E-state index contributed by atoms with van der Waals surface area (Å²) in [5, 5.41) is 8.33. The number of rotatable bonds is 4. The number of benzene rings is 1. The van der Waals surface area contributed by atoms with Crippen LogP contribution in [0.4, 0.5) is 4.79 Å². The molecule has 0 bridgehead atoms. The third-order valence-corrected chi connectivity index (χ3v) is 3.84. The van der Waals surface area contributed by atoms with Crippen LogP contribution in [0.25, 0.3) is 11.0 Å². The summed E-state index contributed by atoms with van der Waals surface area (Å²) < 4.78 is 5.66. The normalized spacial score (nSPS) is 18.6. The summed E-state index contributed by atoms with van der Waals surface area (Å²) in [6, 6.07) is 6.14. The first kappa shape index (κ1) is 15.1. The molecule has 1 aliphatic heterocycles. The van der Waals surface area contributed by atoms with Crippen molar-refractivity contribution in [3.05, 3.63) is 35.6 Å². The first-order valence-corrected chi connectivity index (χ1v) is 7.33. The molecule has 2 aromatic rings. The molecule has 1 aliphatic rings. The molecule has 1 aromatic heterocycles. The van der Waals surface area contributed by atoms with Crippen LogP contribution in [0.3, 0.4) is 0 Å². The Bertz CT molecular complexity index is 796. The zero-order valence-electron chi connectivity index (χ0n) is 12.8. The average molecular weight is 315 g/mol.